The van der Waals surface area contributed by atoms with E-state index >= 15 is 0 Å². The van der Waals surface area contributed by atoms with Gasteiger partial charge in [-0.1, -0.05) is 6.07 Å². The standard InChI is InChI=1S/C16H17N3O3S/c20-16(11-9-23-10-18-11)19-7-8-21-15-12(19)4-5-13(15)22-14-3-1-2-6-17-14/h1-3,6,9-10,12-13,15H,4-5,7-8H2/t12-,13-,15+/m0/s1. The van der Waals surface area contributed by atoms with Crippen LogP contribution in [0.4, 0.5) is 0 Å². The lowest BCUT2D eigenvalue weighted by Gasteiger charge is -2.38. The number of carbonyl (C=O) groups excluding carboxylic acids is 1. The summed E-state index contributed by atoms with van der Waals surface area (Å²) in [4.78, 5) is 22.9. The summed E-state index contributed by atoms with van der Waals surface area (Å²) in [5.41, 5.74) is 2.21. The van der Waals surface area contributed by atoms with Gasteiger partial charge in [-0.15, -0.1) is 11.3 Å². The molecule has 2 aromatic heterocycles. The van der Waals surface area contributed by atoms with Gasteiger partial charge in [-0.3, -0.25) is 4.79 Å². The molecule has 23 heavy (non-hydrogen) atoms. The summed E-state index contributed by atoms with van der Waals surface area (Å²) in [7, 11) is 0. The number of hydrogen-bond donors (Lipinski definition) is 0. The van der Waals surface area contributed by atoms with E-state index < -0.39 is 0 Å². The van der Waals surface area contributed by atoms with E-state index in [1.54, 1.807) is 17.1 Å². The molecule has 1 saturated carbocycles. The minimum absolute atomic E-state index is 0.0111. The molecule has 1 amide bonds. The third-order valence-electron chi connectivity index (χ3n) is 4.36. The van der Waals surface area contributed by atoms with Gasteiger partial charge in [-0.25, -0.2) is 9.97 Å². The Bertz CT molecular complexity index is 664. The molecule has 1 aliphatic heterocycles. The van der Waals surface area contributed by atoms with Crippen LogP contribution in [0.25, 0.3) is 0 Å². The van der Waals surface area contributed by atoms with Gasteiger partial charge in [-0.2, -0.15) is 0 Å². The number of nitrogens with zero attached hydrogens (tertiary/aromatic N) is 3. The quantitative estimate of drug-likeness (QED) is 0.860. The third-order valence-corrected chi connectivity index (χ3v) is 4.94. The average molecular weight is 331 g/mol. The summed E-state index contributed by atoms with van der Waals surface area (Å²) in [5, 5.41) is 1.80. The van der Waals surface area contributed by atoms with E-state index in [2.05, 4.69) is 9.97 Å². The molecule has 0 bridgehead atoms. The van der Waals surface area contributed by atoms with E-state index in [-0.39, 0.29) is 24.2 Å². The number of ether oxygens (including phenoxy) is 2. The molecule has 2 aliphatic rings. The van der Waals surface area contributed by atoms with E-state index in [0.29, 0.717) is 24.7 Å². The fraction of sp³-hybridized carbons (Fsp3) is 0.438. The number of aromatic nitrogens is 2. The Morgan fingerprint density at radius 1 is 1.35 bits per heavy atom. The van der Waals surface area contributed by atoms with Crippen molar-refractivity contribution < 1.29 is 14.3 Å². The zero-order valence-corrected chi connectivity index (χ0v) is 13.3. The number of fused-ring (bicyclic) bond motifs is 1. The van der Waals surface area contributed by atoms with Crippen molar-refractivity contribution in [3.05, 3.63) is 41.0 Å². The van der Waals surface area contributed by atoms with E-state index in [1.807, 2.05) is 23.1 Å². The van der Waals surface area contributed by atoms with Crippen LogP contribution in [0.1, 0.15) is 23.3 Å². The zero-order valence-electron chi connectivity index (χ0n) is 12.5. The highest BCUT2D eigenvalue weighted by molar-refractivity contribution is 7.07. The van der Waals surface area contributed by atoms with Crippen LogP contribution in [-0.4, -0.2) is 52.2 Å². The molecule has 0 spiro atoms. The smallest absolute Gasteiger partial charge is 0.273 e. The van der Waals surface area contributed by atoms with Crippen molar-refractivity contribution in [3.8, 4) is 5.88 Å². The molecule has 3 atom stereocenters. The van der Waals surface area contributed by atoms with Crippen molar-refractivity contribution >= 4 is 17.2 Å². The summed E-state index contributed by atoms with van der Waals surface area (Å²) < 4.78 is 11.9. The number of morpholine rings is 1. The predicted molar refractivity (Wildman–Crippen MR) is 84.6 cm³/mol. The molecule has 1 aliphatic carbocycles. The summed E-state index contributed by atoms with van der Waals surface area (Å²) in [6.45, 7) is 1.13. The van der Waals surface area contributed by atoms with Gasteiger partial charge in [-0.05, 0) is 18.9 Å². The second kappa shape index (κ2) is 6.25. The number of hydrogen-bond acceptors (Lipinski definition) is 6. The van der Waals surface area contributed by atoms with Gasteiger partial charge >= 0.3 is 0 Å². The normalized spacial score (nSPS) is 26.8. The largest absolute Gasteiger partial charge is 0.471 e. The molecular formula is C16H17N3O3S. The number of amides is 1. The van der Waals surface area contributed by atoms with E-state index in [4.69, 9.17) is 9.47 Å². The lowest BCUT2D eigenvalue weighted by Crippen LogP contribution is -2.54. The molecule has 2 aromatic rings. The molecule has 0 aromatic carbocycles. The highest BCUT2D eigenvalue weighted by Crippen LogP contribution is 2.33. The molecule has 1 saturated heterocycles. The van der Waals surface area contributed by atoms with Crippen molar-refractivity contribution in [3.63, 3.8) is 0 Å². The first-order chi connectivity index (χ1) is 11.3. The lowest BCUT2D eigenvalue weighted by molar-refractivity contribution is -0.0794. The van der Waals surface area contributed by atoms with Crippen molar-refractivity contribution in [2.75, 3.05) is 13.2 Å². The Morgan fingerprint density at radius 3 is 3.09 bits per heavy atom. The van der Waals surface area contributed by atoms with Crippen LogP contribution in [0.3, 0.4) is 0 Å². The van der Waals surface area contributed by atoms with Gasteiger partial charge < -0.3 is 14.4 Å². The SMILES string of the molecule is O=C(c1cscn1)N1CCO[C@H]2[C@@H](Oc3ccccn3)CC[C@@H]21. The summed E-state index contributed by atoms with van der Waals surface area (Å²) in [6, 6.07) is 5.64. The van der Waals surface area contributed by atoms with Gasteiger partial charge in [0.1, 0.15) is 17.9 Å². The van der Waals surface area contributed by atoms with Crippen LogP contribution in [0.15, 0.2) is 35.3 Å². The van der Waals surface area contributed by atoms with Gasteiger partial charge in [0.15, 0.2) is 0 Å². The molecule has 0 N–H and O–H groups in total. The van der Waals surface area contributed by atoms with E-state index in [9.17, 15) is 4.79 Å². The Balaban J connectivity index is 1.49. The first-order valence-electron chi connectivity index (χ1n) is 7.71. The molecule has 3 heterocycles. The Labute approximate surface area is 138 Å². The molecule has 0 unspecified atom stereocenters. The second-order valence-corrected chi connectivity index (χ2v) is 6.40. The summed E-state index contributed by atoms with van der Waals surface area (Å²) in [5.74, 6) is 0.590. The van der Waals surface area contributed by atoms with Crippen molar-refractivity contribution in [1.82, 2.24) is 14.9 Å². The highest BCUT2D eigenvalue weighted by atomic mass is 32.1. The van der Waals surface area contributed by atoms with Crippen molar-refractivity contribution in [1.29, 1.82) is 0 Å². The second-order valence-electron chi connectivity index (χ2n) is 5.68. The highest BCUT2D eigenvalue weighted by Gasteiger charge is 2.46. The predicted octanol–water partition coefficient (Wildman–Crippen LogP) is 1.99. The van der Waals surface area contributed by atoms with Crippen molar-refractivity contribution in [2.45, 2.75) is 31.1 Å². The van der Waals surface area contributed by atoms with Crippen LogP contribution >= 0.6 is 11.3 Å². The molecule has 6 nitrogen and oxygen atoms in total. The molecule has 120 valence electrons. The van der Waals surface area contributed by atoms with Crippen molar-refractivity contribution in [2.24, 2.45) is 0 Å². The number of carbonyl (C=O) groups is 1. The van der Waals surface area contributed by atoms with Crippen LogP contribution < -0.4 is 4.74 Å². The fourth-order valence-electron chi connectivity index (χ4n) is 3.33. The number of pyridine rings is 1. The lowest BCUT2D eigenvalue weighted by atomic mass is 10.1. The van der Waals surface area contributed by atoms with Gasteiger partial charge in [0, 0.05) is 24.2 Å². The molecule has 4 rings (SSSR count). The van der Waals surface area contributed by atoms with Gasteiger partial charge in [0.25, 0.3) is 5.91 Å². The van der Waals surface area contributed by atoms with Gasteiger partial charge in [0.05, 0.1) is 18.2 Å². The van der Waals surface area contributed by atoms with E-state index in [0.717, 1.165) is 12.8 Å². The Hall–Kier alpha value is -1.99. The van der Waals surface area contributed by atoms with Crippen LogP contribution in [-0.2, 0) is 4.74 Å². The summed E-state index contributed by atoms with van der Waals surface area (Å²) >= 11 is 1.44. The van der Waals surface area contributed by atoms with E-state index in [1.165, 1.54) is 11.3 Å². The minimum atomic E-state index is -0.103. The Kier molecular flexibility index (Phi) is 3.97. The summed E-state index contributed by atoms with van der Waals surface area (Å²) in [6.07, 6.45) is 3.26. The fourth-order valence-corrected chi connectivity index (χ4v) is 3.86. The molecule has 2 fully saturated rings. The van der Waals surface area contributed by atoms with Crippen LogP contribution in [0, 0.1) is 0 Å². The van der Waals surface area contributed by atoms with Crippen LogP contribution in [0.2, 0.25) is 0 Å². The molecule has 0 radical (unpaired) electrons. The maximum atomic E-state index is 12.6. The molecular weight excluding hydrogens is 314 g/mol. The number of rotatable bonds is 3. The third kappa shape index (κ3) is 2.82. The maximum Gasteiger partial charge on any atom is 0.273 e. The molecule has 7 heteroatoms. The first-order valence-corrected chi connectivity index (χ1v) is 8.65. The minimum Gasteiger partial charge on any atom is -0.471 e. The number of thiazole rings is 1. The monoisotopic (exact) mass is 331 g/mol. The average Bonchev–Trinajstić information content (AvgIpc) is 3.25. The topological polar surface area (TPSA) is 64.6 Å². The van der Waals surface area contributed by atoms with Gasteiger partial charge in [0.2, 0.25) is 5.88 Å². The maximum absolute atomic E-state index is 12.6. The first kappa shape index (κ1) is 14.6. The van der Waals surface area contributed by atoms with Crippen LogP contribution in [0.5, 0.6) is 5.88 Å². The Morgan fingerprint density at radius 2 is 2.30 bits per heavy atom. The zero-order chi connectivity index (χ0) is 15.6.